The van der Waals surface area contributed by atoms with Crippen LogP contribution in [0.15, 0.2) is 18.2 Å². The summed E-state index contributed by atoms with van der Waals surface area (Å²) in [7, 11) is 0. The molecule has 1 aromatic carbocycles. The van der Waals surface area contributed by atoms with Gasteiger partial charge in [-0.15, -0.1) is 5.10 Å². The highest BCUT2D eigenvalue weighted by molar-refractivity contribution is 5.38. The molecule has 1 aliphatic rings. The molecule has 1 fully saturated rings. The number of aliphatic hydroxyl groups excluding tert-OH is 4. The minimum Gasteiger partial charge on any atom is -0.417 e. The highest BCUT2D eigenvalue weighted by atomic mass is 19.1. The van der Waals surface area contributed by atoms with Gasteiger partial charge in [0.25, 0.3) is 0 Å². The van der Waals surface area contributed by atoms with Gasteiger partial charge >= 0.3 is 5.97 Å². The molecule has 2 heterocycles. The van der Waals surface area contributed by atoms with Gasteiger partial charge in [-0.1, -0.05) is 12.1 Å². The zero-order chi connectivity index (χ0) is 23.1. The molecule has 0 aliphatic carbocycles. The third-order valence-corrected chi connectivity index (χ3v) is 5.47. The van der Waals surface area contributed by atoms with Crippen LogP contribution in [-0.4, -0.2) is 72.3 Å². The summed E-state index contributed by atoms with van der Waals surface area (Å²) in [6.45, 7) is 6.55. The molecule has 10 heteroatoms. The van der Waals surface area contributed by atoms with Gasteiger partial charge in [-0.05, 0) is 44.9 Å². The highest BCUT2D eigenvalue weighted by Crippen LogP contribution is 2.34. The molecule has 0 bridgehead atoms. The van der Waals surface area contributed by atoms with E-state index in [1.165, 1.54) is 6.07 Å². The minimum absolute atomic E-state index is 0.0841. The summed E-state index contributed by atoms with van der Waals surface area (Å²) < 4.78 is 26.8. The molecule has 0 saturated carbocycles. The lowest BCUT2D eigenvalue weighted by Gasteiger charge is -2.43. The predicted molar refractivity (Wildman–Crippen MR) is 107 cm³/mol. The second-order valence-electron chi connectivity index (χ2n) is 8.18. The molecule has 1 saturated heterocycles. The van der Waals surface area contributed by atoms with Crippen LogP contribution in [0.25, 0.3) is 0 Å². The predicted octanol–water partition coefficient (Wildman–Crippen LogP) is 0.309. The van der Waals surface area contributed by atoms with Crippen molar-refractivity contribution in [1.29, 1.82) is 0 Å². The fourth-order valence-electron chi connectivity index (χ4n) is 3.65. The molecule has 2 aromatic rings. The fourth-order valence-corrected chi connectivity index (χ4v) is 3.65. The Labute approximate surface area is 179 Å². The molecule has 1 unspecified atom stereocenters. The van der Waals surface area contributed by atoms with Crippen LogP contribution in [0.1, 0.15) is 42.3 Å². The van der Waals surface area contributed by atoms with Crippen LogP contribution in [0.5, 0.6) is 5.88 Å². The Kier molecular flexibility index (Phi) is 6.70. The van der Waals surface area contributed by atoms with E-state index in [1.54, 1.807) is 30.7 Å². The number of benzene rings is 1. The molecule has 5 N–H and O–H groups in total. The van der Waals surface area contributed by atoms with Gasteiger partial charge in [0.1, 0.15) is 24.1 Å². The van der Waals surface area contributed by atoms with E-state index in [9.17, 15) is 29.9 Å². The molecule has 3 rings (SSSR count). The standard InChI is InChI=1S/C21H29FN2O7/c1-10(2)24-12(4)14(8-13-6-5-11(3)7-15(13)22)20(23-24)31-21(29)19(28)18(27)17(26)16(9-25)30-21/h5-7,10,16-19,25-29H,8-9H2,1-4H3/t16-,17-,18-,19-,21?/m1/s1. The molecule has 1 aromatic heterocycles. The Morgan fingerprint density at radius 3 is 2.48 bits per heavy atom. The van der Waals surface area contributed by atoms with E-state index in [4.69, 9.17) is 9.47 Å². The Balaban J connectivity index is 2.01. The normalized spacial score (nSPS) is 28.9. The molecule has 0 radical (unpaired) electrons. The SMILES string of the molecule is Cc1ccc(Cc2c(OC3(O)O[C@H](CO)[C@@H](O)[C@@H](O)[C@H]3O)nn(C(C)C)c2C)c(F)c1. The van der Waals surface area contributed by atoms with Crippen molar-refractivity contribution < 1.29 is 39.4 Å². The first kappa shape index (κ1) is 23.6. The van der Waals surface area contributed by atoms with Crippen LogP contribution >= 0.6 is 0 Å². The topological polar surface area (TPSA) is 137 Å². The van der Waals surface area contributed by atoms with Crippen molar-refractivity contribution >= 4 is 0 Å². The number of nitrogens with zero attached hydrogens (tertiary/aromatic N) is 2. The van der Waals surface area contributed by atoms with Crippen LogP contribution in [0.2, 0.25) is 0 Å². The average Bonchev–Trinajstić information content (AvgIpc) is 3.01. The van der Waals surface area contributed by atoms with Crippen molar-refractivity contribution in [2.45, 2.75) is 70.5 Å². The average molecular weight is 440 g/mol. The number of halogens is 1. The summed E-state index contributed by atoms with van der Waals surface area (Å²) in [5, 5.41) is 54.8. The largest absolute Gasteiger partial charge is 0.417 e. The maximum Gasteiger partial charge on any atom is 0.356 e. The van der Waals surface area contributed by atoms with E-state index in [0.717, 1.165) is 5.56 Å². The second-order valence-corrected chi connectivity index (χ2v) is 8.18. The Bertz CT molecular complexity index is 933. The summed E-state index contributed by atoms with van der Waals surface area (Å²) in [5.74, 6) is -3.34. The Hall–Kier alpha value is -2.08. The van der Waals surface area contributed by atoms with Crippen LogP contribution < -0.4 is 4.74 Å². The molecular formula is C21H29FN2O7. The van der Waals surface area contributed by atoms with Gasteiger partial charge in [0, 0.05) is 23.7 Å². The molecule has 5 atom stereocenters. The van der Waals surface area contributed by atoms with Crippen molar-refractivity contribution in [2.75, 3.05) is 6.61 Å². The van der Waals surface area contributed by atoms with E-state index in [1.807, 2.05) is 13.8 Å². The van der Waals surface area contributed by atoms with Crippen LogP contribution in [-0.2, 0) is 11.2 Å². The quantitative estimate of drug-likeness (QED) is 0.405. The lowest BCUT2D eigenvalue weighted by molar-refractivity contribution is -0.423. The van der Waals surface area contributed by atoms with Crippen molar-refractivity contribution in [3.63, 3.8) is 0 Å². The third-order valence-electron chi connectivity index (χ3n) is 5.47. The van der Waals surface area contributed by atoms with Crippen molar-refractivity contribution in [1.82, 2.24) is 9.78 Å². The van der Waals surface area contributed by atoms with Gasteiger partial charge < -0.3 is 35.0 Å². The lowest BCUT2D eigenvalue weighted by atomic mass is 9.98. The number of aliphatic hydroxyl groups is 5. The van der Waals surface area contributed by atoms with E-state index >= 15 is 0 Å². The zero-order valence-corrected chi connectivity index (χ0v) is 17.9. The van der Waals surface area contributed by atoms with Gasteiger partial charge in [-0.25, -0.2) is 4.39 Å². The van der Waals surface area contributed by atoms with Gasteiger partial charge in [0.05, 0.1) is 6.61 Å². The van der Waals surface area contributed by atoms with Gasteiger partial charge in [-0.2, -0.15) is 0 Å². The van der Waals surface area contributed by atoms with Crippen molar-refractivity contribution in [3.05, 3.63) is 46.4 Å². The summed E-state index contributed by atoms with van der Waals surface area (Å²) in [6.07, 6.45) is -6.86. The fraction of sp³-hybridized carbons (Fsp3) is 0.571. The monoisotopic (exact) mass is 440 g/mol. The molecule has 9 nitrogen and oxygen atoms in total. The van der Waals surface area contributed by atoms with Crippen LogP contribution in [0.3, 0.4) is 0 Å². The number of hydrogen-bond acceptors (Lipinski definition) is 8. The maximum atomic E-state index is 14.5. The van der Waals surface area contributed by atoms with E-state index in [2.05, 4.69) is 5.10 Å². The van der Waals surface area contributed by atoms with Gasteiger partial charge in [-0.3, -0.25) is 4.68 Å². The summed E-state index contributed by atoms with van der Waals surface area (Å²) in [6, 6.07) is 4.72. The molecule has 1 aliphatic heterocycles. The molecule has 0 amide bonds. The number of ether oxygens (including phenoxy) is 2. The Morgan fingerprint density at radius 2 is 1.90 bits per heavy atom. The number of aryl methyl sites for hydroxylation is 1. The van der Waals surface area contributed by atoms with Crippen LogP contribution in [0, 0.1) is 19.7 Å². The number of hydrogen-bond donors (Lipinski definition) is 5. The minimum atomic E-state index is -2.80. The van der Waals surface area contributed by atoms with Crippen molar-refractivity contribution in [2.24, 2.45) is 0 Å². The lowest BCUT2D eigenvalue weighted by Crippen LogP contribution is -2.67. The summed E-state index contributed by atoms with van der Waals surface area (Å²) in [4.78, 5) is 0. The van der Waals surface area contributed by atoms with E-state index in [0.29, 0.717) is 16.8 Å². The third kappa shape index (κ3) is 4.45. The van der Waals surface area contributed by atoms with Crippen molar-refractivity contribution in [3.8, 4) is 5.88 Å². The smallest absolute Gasteiger partial charge is 0.356 e. The van der Waals surface area contributed by atoms with Gasteiger partial charge in [0.2, 0.25) is 5.88 Å². The first-order chi connectivity index (χ1) is 14.5. The van der Waals surface area contributed by atoms with Crippen LogP contribution in [0.4, 0.5) is 4.39 Å². The molecule has 0 spiro atoms. The zero-order valence-electron chi connectivity index (χ0n) is 17.9. The second kappa shape index (κ2) is 8.81. The number of aromatic nitrogens is 2. The summed E-state index contributed by atoms with van der Waals surface area (Å²) in [5.41, 5.74) is 2.24. The highest BCUT2D eigenvalue weighted by Gasteiger charge is 2.55. The first-order valence-corrected chi connectivity index (χ1v) is 10.1. The molecule has 172 valence electrons. The molecule has 31 heavy (non-hydrogen) atoms. The van der Waals surface area contributed by atoms with E-state index < -0.39 is 42.8 Å². The number of rotatable bonds is 6. The van der Waals surface area contributed by atoms with E-state index in [-0.39, 0.29) is 18.3 Å². The summed E-state index contributed by atoms with van der Waals surface area (Å²) >= 11 is 0. The molecular weight excluding hydrogens is 411 g/mol. The van der Waals surface area contributed by atoms with Gasteiger partial charge in [0.15, 0.2) is 6.10 Å². The maximum absolute atomic E-state index is 14.5. The first-order valence-electron chi connectivity index (χ1n) is 10.1. The Morgan fingerprint density at radius 1 is 1.23 bits per heavy atom.